The molecule has 0 radical (unpaired) electrons. The standard InChI is InChI=1S/C12H15N/c1-5-11-7-6-9(2)10(3)12(11)8-13-4/h5-8H,1H2,2-4H3. The first-order valence-corrected chi connectivity index (χ1v) is 4.35. The van der Waals surface area contributed by atoms with Crippen molar-refractivity contribution in [3.63, 3.8) is 0 Å². The zero-order chi connectivity index (χ0) is 9.84. The Morgan fingerprint density at radius 2 is 2.00 bits per heavy atom. The summed E-state index contributed by atoms with van der Waals surface area (Å²) in [6, 6.07) is 4.19. The number of hydrogen-bond donors (Lipinski definition) is 0. The van der Waals surface area contributed by atoms with Crippen LogP contribution in [0.5, 0.6) is 0 Å². The van der Waals surface area contributed by atoms with Gasteiger partial charge in [-0.2, -0.15) is 0 Å². The molecule has 0 aliphatic rings. The molecule has 0 N–H and O–H groups in total. The number of nitrogens with zero attached hydrogens (tertiary/aromatic N) is 1. The molecule has 0 amide bonds. The minimum Gasteiger partial charge on any atom is -0.296 e. The summed E-state index contributed by atoms with van der Waals surface area (Å²) in [5.41, 5.74) is 4.90. The van der Waals surface area contributed by atoms with E-state index in [1.54, 1.807) is 7.05 Å². The van der Waals surface area contributed by atoms with E-state index in [4.69, 9.17) is 0 Å². The predicted octanol–water partition coefficient (Wildman–Crippen LogP) is 3.00. The van der Waals surface area contributed by atoms with E-state index >= 15 is 0 Å². The van der Waals surface area contributed by atoms with Crippen molar-refractivity contribution in [3.05, 3.63) is 41.0 Å². The SMILES string of the molecule is C=Cc1ccc(C)c(C)c1C=NC. The fraction of sp³-hybridized carbons (Fsp3) is 0.250. The molecule has 0 saturated carbocycles. The van der Waals surface area contributed by atoms with Crippen LogP contribution in [0.1, 0.15) is 22.3 Å². The third kappa shape index (κ3) is 1.86. The van der Waals surface area contributed by atoms with Crippen molar-refractivity contribution < 1.29 is 0 Å². The summed E-state index contributed by atoms with van der Waals surface area (Å²) in [5, 5.41) is 0. The van der Waals surface area contributed by atoms with Crippen molar-refractivity contribution in [1.29, 1.82) is 0 Å². The minimum atomic E-state index is 1.15. The number of rotatable bonds is 2. The zero-order valence-electron chi connectivity index (χ0n) is 8.46. The van der Waals surface area contributed by atoms with Crippen LogP contribution in [-0.4, -0.2) is 13.3 Å². The van der Waals surface area contributed by atoms with Crippen LogP contribution in [-0.2, 0) is 0 Å². The third-order valence-electron chi connectivity index (χ3n) is 2.30. The Kier molecular flexibility index (Phi) is 3.02. The molecular weight excluding hydrogens is 158 g/mol. The lowest BCUT2D eigenvalue weighted by Gasteiger charge is -2.07. The Labute approximate surface area is 79.8 Å². The second kappa shape index (κ2) is 4.04. The Morgan fingerprint density at radius 1 is 1.31 bits per heavy atom. The van der Waals surface area contributed by atoms with Crippen LogP contribution < -0.4 is 0 Å². The number of hydrogen-bond acceptors (Lipinski definition) is 1. The summed E-state index contributed by atoms with van der Waals surface area (Å²) in [6.07, 6.45) is 3.75. The van der Waals surface area contributed by atoms with Crippen molar-refractivity contribution >= 4 is 12.3 Å². The van der Waals surface area contributed by atoms with Crippen LogP contribution in [0.25, 0.3) is 6.08 Å². The summed E-state index contributed by atoms with van der Waals surface area (Å²) in [4.78, 5) is 4.04. The van der Waals surface area contributed by atoms with Gasteiger partial charge in [0.15, 0.2) is 0 Å². The molecule has 13 heavy (non-hydrogen) atoms. The molecule has 0 aliphatic carbocycles. The Hall–Kier alpha value is -1.37. The van der Waals surface area contributed by atoms with Gasteiger partial charge in [-0.25, -0.2) is 0 Å². The van der Waals surface area contributed by atoms with Crippen LogP contribution in [0.2, 0.25) is 0 Å². The molecule has 1 aromatic carbocycles. The summed E-state index contributed by atoms with van der Waals surface area (Å²) < 4.78 is 0. The van der Waals surface area contributed by atoms with E-state index in [0.717, 1.165) is 5.56 Å². The third-order valence-corrected chi connectivity index (χ3v) is 2.30. The van der Waals surface area contributed by atoms with Gasteiger partial charge in [0, 0.05) is 18.8 Å². The van der Waals surface area contributed by atoms with Crippen LogP contribution in [0.4, 0.5) is 0 Å². The highest BCUT2D eigenvalue weighted by Gasteiger charge is 2.02. The zero-order valence-corrected chi connectivity index (χ0v) is 8.46. The Morgan fingerprint density at radius 3 is 2.54 bits per heavy atom. The summed E-state index contributed by atoms with van der Waals surface area (Å²) >= 11 is 0. The lowest BCUT2D eigenvalue weighted by molar-refractivity contribution is 1.31. The average molecular weight is 173 g/mol. The largest absolute Gasteiger partial charge is 0.296 e. The predicted molar refractivity (Wildman–Crippen MR) is 59.5 cm³/mol. The molecule has 1 aromatic rings. The summed E-state index contributed by atoms with van der Waals surface area (Å²) in [5.74, 6) is 0. The molecule has 0 aromatic heterocycles. The second-order valence-electron chi connectivity index (χ2n) is 3.10. The monoisotopic (exact) mass is 173 g/mol. The van der Waals surface area contributed by atoms with Gasteiger partial charge in [0.05, 0.1) is 0 Å². The second-order valence-corrected chi connectivity index (χ2v) is 3.10. The lowest BCUT2D eigenvalue weighted by atomic mass is 9.98. The van der Waals surface area contributed by atoms with Gasteiger partial charge in [-0.05, 0) is 30.5 Å². The minimum absolute atomic E-state index is 1.15. The number of benzene rings is 1. The lowest BCUT2D eigenvalue weighted by Crippen LogP contribution is -1.94. The first-order valence-electron chi connectivity index (χ1n) is 4.35. The molecule has 0 atom stereocenters. The van der Waals surface area contributed by atoms with Gasteiger partial charge < -0.3 is 0 Å². The van der Waals surface area contributed by atoms with E-state index in [0.29, 0.717) is 0 Å². The number of aliphatic imine (C=N–C) groups is 1. The molecule has 1 rings (SSSR count). The van der Waals surface area contributed by atoms with E-state index in [2.05, 4.69) is 37.6 Å². The fourth-order valence-corrected chi connectivity index (χ4v) is 1.34. The molecule has 68 valence electrons. The van der Waals surface area contributed by atoms with Crippen molar-refractivity contribution in [2.45, 2.75) is 13.8 Å². The maximum atomic E-state index is 4.04. The number of aryl methyl sites for hydroxylation is 1. The maximum absolute atomic E-state index is 4.04. The highest BCUT2D eigenvalue weighted by atomic mass is 14.6. The van der Waals surface area contributed by atoms with E-state index < -0.39 is 0 Å². The van der Waals surface area contributed by atoms with Gasteiger partial charge in [0.25, 0.3) is 0 Å². The van der Waals surface area contributed by atoms with Gasteiger partial charge in [-0.1, -0.05) is 24.8 Å². The van der Waals surface area contributed by atoms with E-state index in [9.17, 15) is 0 Å². The fourth-order valence-electron chi connectivity index (χ4n) is 1.34. The first-order chi connectivity index (χ1) is 6.20. The molecule has 1 nitrogen and oxygen atoms in total. The van der Waals surface area contributed by atoms with E-state index in [1.807, 2.05) is 12.3 Å². The quantitative estimate of drug-likeness (QED) is 0.610. The van der Waals surface area contributed by atoms with Gasteiger partial charge >= 0.3 is 0 Å². The normalized spacial score (nSPS) is 10.7. The van der Waals surface area contributed by atoms with Gasteiger partial charge in [0.1, 0.15) is 0 Å². The topological polar surface area (TPSA) is 12.4 Å². The molecule has 1 heteroatoms. The summed E-state index contributed by atoms with van der Waals surface area (Å²) in [7, 11) is 1.79. The smallest absolute Gasteiger partial charge is 0.0290 e. The Balaban J connectivity index is 3.40. The molecule has 0 saturated heterocycles. The first kappa shape index (κ1) is 9.72. The average Bonchev–Trinajstić information content (AvgIpc) is 2.14. The highest BCUT2D eigenvalue weighted by Crippen LogP contribution is 2.17. The van der Waals surface area contributed by atoms with Crippen LogP contribution in [0.15, 0.2) is 23.7 Å². The Bertz CT molecular complexity index is 348. The van der Waals surface area contributed by atoms with Crippen molar-refractivity contribution in [3.8, 4) is 0 Å². The molecule has 0 aliphatic heterocycles. The molecular formula is C12H15N. The highest BCUT2D eigenvalue weighted by molar-refractivity contribution is 5.87. The van der Waals surface area contributed by atoms with Crippen molar-refractivity contribution in [2.24, 2.45) is 4.99 Å². The summed E-state index contributed by atoms with van der Waals surface area (Å²) in [6.45, 7) is 8.00. The molecule has 0 fully saturated rings. The van der Waals surface area contributed by atoms with Gasteiger partial charge in [-0.15, -0.1) is 0 Å². The van der Waals surface area contributed by atoms with Crippen molar-refractivity contribution in [2.75, 3.05) is 7.05 Å². The molecule has 0 heterocycles. The molecule has 0 unspecified atom stereocenters. The van der Waals surface area contributed by atoms with Gasteiger partial charge in [0.2, 0.25) is 0 Å². The van der Waals surface area contributed by atoms with Crippen LogP contribution in [0.3, 0.4) is 0 Å². The van der Waals surface area contributed by atoms with Crippen molar-refractivity contribution in [1.82, 2.24) is 0 Å². The molecule has 0 bridgehead atoms. The van der Waals surface area contributed by atoms with Crippen LogP contribution in [0, 0.1) is 13.8 Å². The van der Waals surface area contributed by atoms with E-state index in [-0.39, 0.29) is 0 Å². The molecule has 0 spiro atoms. The maximum Gasteiger partial charge on any atom is 0.0290 e. The van der Waals surface area contributed by atoms with Gasteiger partial charge in [-0.3, -0.25) is 4.99 Å². The van der Waals surface area contributed by atoms with Crippen LogP contribution >= 0.6 is 0 Å². The van der Waals surface area contributed by atoms with E-state index in [1.165, 1.54) is 16.7 Å².